The molecule has 0 N–H and O–H groups in total. The predicted octanol–water partition coefficient (Wildman–Crippen LogP) is 2.14. The Balaban J connectivity index is 2.29. The molecule has 6 nitrogen and oxygen atoms in total. The van der Waals surface area contributed by atoms with Crippen LogP contribution in [-0.2, 0) is 20.3 Å². The first-order valence-electron chi connectivity index (χ1n) is 6.49. The van der Waals surface area contributed by atoms with Gasteiger partial charge in [-0.15, -0.1) is 10.2 Å². The highest BCUT2D eigenvalue weighted by molar-refractivity contribution is 8.13. The van der Waals surface area contributed by atoms with Gasteiger partial charge in [0, 0.05) is 43.1 Å². The Bertz CT molecular complexity index is 596. The normalized spacial score (nSPS) is 19.8. The predicted molar refractivity (Wildman–Crippen MR) is 71.1 cm³/mol. The molecule has 0 aliphatic heterocycles. The molecule has 1 saturated carbocycles. The maximum atomic E-state index is 13.2. The van der Waals surface area contributed by atoms with E-state index in [-0.39, 0.29) is 49.9 Å². The van der Waals surface area contributed by atoms with Crippen LogP contribution in [0.5, 0.6) is 0 Å². The monoisotopic (exact) mass is 343 g/mol. The van der Waals surface area contributed by atoms with Gasteiger partial charge in [-0.1, -0.05) is 0 Å². The maximum Gasteiger partial charge on any atom is 0.296 e. The molecule has 0 unspecified atom stereocenters. The summed E-state index contributed by atoms with van der Waals surface area (Å²) >= 11 is 0. The molecule has 1 aliphatic carbocycles. The van der Waals surface area contributed by atoms with Gasteiger partial charge in [0.25, 0.3) is 14.2 Å². The Morgan fingerprint density at radius 2 is 2.00 bits per heavy atom. The third kappa shape index (κ3) is 3.89. The highest BCUT2D eigenvalue weighted by atomic mass is 35.7. The van der Waals surface area contributed by atoms with Crippen molar-refractivity contribution in [3.05, 3.63) is 5.82 Å². The molecule has 0 radical (unpaired) electrons. The lowest BCUT2D eigenvalue weighted by Gasteiger charge is -2.27. The molecular formula is C11H16ClF2N3O3S. The molecule has 1 aromatic rings. The number of hydrogen-bond donors (Lipinski definition) is 0. The van der Waals surface area contributed by atoms with Crippen molar-refractivity contribution in [2.45, 2.75) is 49.2 Å². The van der Waals surface area contributed by atoms with E-state index in [0.717, 1.165) is 0 Å². The number of methoxy groups -OCH3 is 1. The minimum absolute atomic E-state index is 0.201. The molecular weight excluding hydrogens is 328 g/mol. The van der Waals surface area contributed by atoms with Crippen LogP contribution in [0, 0.1) is 0 Å². The van der Waals surface area contributed by atoms with Gasteiger partial charge < -0.3 is 4.74 Å². The molecule has 10 heteroatoms. The summed E-state index contributed by atoms with van der Waals surface area (Å²) < 4.78 is 55.7. The summed E-state index contributed by atoms with van der Waals surface area (Å²) in [6.45, 7) is 0.445. The zero-order valence-electron chi connectivity index (χ0n) is 11.4. The number of ether oxygens (including phenoxy) is 1. The molecule has 1 fully saturated rings. The van der Waals surface area contributed by atoms with Gasteiger partial charge in [0.1, 0.15) is 5.82 Å². The van der Waals surface area contributed by atoms with Crippen molar-refractivity contribution in [3.63, 3.8) is 0 Å². The number of halogens is 3. The quantitative estimate of drug-likeness (QED) is 0.766. The van der Waals surface area contributed by atoms with E-state index >= 15 is 0 Å². The van der Waals surface area contributed by atoms with Gasteiger partial charge in [0.2, 0.25) is 5.92 Å². The second-order valence-corrected chi connectivity index (χ2v) is 7.51. The third-order valence-corrected chi connectivity index (χ3v) is 4.72. The zero-order chi connectivity index (χ0) is 15.7. The molecule has 0 spiro atoms. The second-order valence-electron chi connectivity index (χ2n) is 5.05. The minimum atomic E-state index is -4.05. The number of rotatable bonds is 5. The molecule has 0 aromatic carbocycles. The molecule has 2 rings (SSSR count). The summed E-state index contributed by atoms with van der Waals surface area (Å²) in [4.78, 5) is 0. The van der Waals surface area contributed by atoms with E-state index in [2.05, 4.69) is 10.2 Å². The van der Waals surface area contributed by atoms with Crippen molar-refractivity contribution in [1.82, 2.24) is 14.8 Å². The van der Waals surface area contributed by atoms with Gasteiger partial charge in [-0.3, -0.25) is 4.57 Å². The first kappa shape index (κ1) is 16.6. The van der Waals surface area contributed by atoms with E-state index in [0.29, 0.717) is 5.82 Å². The molecule has 21 heavy (non-hydrogen) atoms. The zero-order valence-corrected chi connectivity index (χ0v) is 13.0. The lowest BCUT2D eigenvalue weighted by Crippen LogP contribution is -2.25. The van der Waals surface area contributed by atoms with Gasteiger partial charge in [-0.2, -0.15) is 0 Å². The van der Waals surface area contributed by atoms with E-state index in [1.54, 1.807) is 0 Å². The van der Waals surface area contributed by atoms with Crippen LogP contribution in [-0.4, -0.2) is 42.8 Å². The lowest BCUT2D eigenvalue weighted by atomic mass is 9.86. The van der Waals surface area contributed by atoms with Crippen molar-refractivity contribution >= 4 is 19.7 Å². The molecule has 1 aromatic heterocycles. The summed E-state index contributed by atoms with van der Waals surface area (Å²) in [5.41, 5.74) is 0. The van der Waals surface area contributed by atoms with Crippen LogP contribution < -0.4 is 0 Å². The third-order valence-electron chi connectivity index (χ3n) is 3.56. The Hall–Kier alpha value is -0.800. The van der Waals surface area contributed by atoms with Gasteiger partial charge in [0.05, 0.1) is 6.61 Å². The first-order chi connectivity index (χ1) is 9.74. The summed E-state index contributed by atoms with van der Waals surface area (Å²) in [5, 5.41) is 7.09. The SMILES string of the molecule is COCCn1c(C2CCC(F)(F)CC2)nnc1S(=O)(=O)Cl. The number of aromatic nitrogens is 3. The fraction of sp³-hybridized carbons (Fsp3) is 0.818. The van der Waals surface area contributed by atoms with E-state index in [1.165, 1.54) is 11.7 Å². The standard InChI is InChI=1S/C11H16ClF2N3O3S/c1-20-7-6-17-9(15-16-10(17)21(12,18)19)8-2-4-11(13,14)5-3-8/h8H,2-7H2,1H3. The summed E-state index contributed by atoms with van der Waals surface area (Å²) in [6, 6.07) is 0. The molecule has 0 saturated heterocycles. The molecule has 1 aliphatic rings. The Kier molecular flexibility index (Phi) is 4.84. The van der Waals surface area contributed by atoms with Crippen LogP contribution in [0.3, 0.4) is 0 Å². The van der Waals surface area contributed by atoms with Crippen LogP contribution in [0.4, 0.5) is 8.78 Å². The molecule has 1 heterocycles. The fourth-order valence-electron chi connectivity index (χ4n) is 2.47. The van der Waals surface area contributed by atoms with Crippen molar-refractivity contribution in [2.24, 2.45) is 0 Å². The van der Waals surface area contributed by atoms with Crippen molar-refractivity contribution in [3.8, 4) is 0 Å². The van der Waals surface area contributed by atoms with Gasteiger partial charge >= 0.3 is 0 Å². The molecule has 0 bridgehead atoms. The minimum Gasteiger partial charge on any atom is -0.383 e. The van der Waals surface area contributed by atoms with Crippen LogP contribution in [0.25, 0.3) is 0 Å². The fourth-order valence-corrected chi connectivity index (χ4v) is 3.40. The second kappa shape index (κ2) is 6.13. The average molecular weight is 344 g/mol. The number of alkyl halides is 2. The summed E-state index contributed by atoms with van der Waals surface area (Å²) in [7, 11) is 2.75. The van der Waals surface area contributed by atoms with Gasteiger partial charge in [-0.05, 0) is 12.8 Å². The van der Waals surface area contributed by atoms with Crippen molar-refractivity contribution in [2.75, 3.05) is 13.7 Å². The molecule has 0 atom stereocenters. The van der Waals surface area contributed by atoms with Gasteiger partial charge in [-0.25, -0.2) is 17.2 Å². The maximum absolute atomic E-state index is 13.2. The topological polar surface area (TPSA) is 74.1 Å². The average Bonchev–Trinajstić information content (AvgIpc) is 2.80. The van der Waals surface area contributed by atoms with E-state index in [1.807, 2.05) is 0 Å². The van der Waals surface area contributed by atoms with Crippen LogP contribution in [0.15, 0.2) is 5.16 Å². The van der Waals surface area contributed by atoms with E-state index in [4.69, 9.17) is 15.4 Å². The smallest absolute Gasteiger partial charge is 0.296 e. The first-order valence-corrected chi connectivity index (χ1v) is 8.80. The Morgan fingerprint density at radius 1 is 1.38 bits per heavy atom. The Morgan fingerprint density at radius 3 is 2.52 bits per heavy atom. The van der Waals surface area contributed by atoms with Crippen molar-refractivity contribution in [1.29, 1.82) is 0 Å². The van der Waals surface area contributed by atoms with Crippen molar-refractivity contribution < 1.29 is 21.9 Å². The van der Waals surface area contributed by atoms with E-state index < -0.39 is 15.0 Å². The number of nitrogens with zero attached hydrogens (tertiary/aromatic N) is 3. The highest BCUT2D eigenvalue weighted by Crippen LogP contribution is 2.40. The molecule has 120 valence electrons. The van der Waals surface area contributed by atoms with Gasteiger partial charge in [0.15, 0.2) is 0 Å². The van der Waals surface area contributed by atoms with E-state index in [9.17, 15) is 17.2 Å². The Labute approximate surface area is 125 Å². The van der Waals surface area contributed by atoms with Crippen LogP contribution >= 0.6 is 10.7 Å². The molecule has 0 amide bonds. The van der Waals surface area contributed by atoms with Crippen LogP contribution in [0.1, 0.15) is 37.4 Å². The summed E-state index contributed by atoms with van der Waals surface area (Å²) in [6.07, 6.45) is -0.00355. The number of hydrogen-bond acceptors (Lipinski definition) is 5. The summed E-state index contributed by atoms with van der Waals surface area (Å²) in [5.74, 6) is -2.53. The van der Waals surface area contributed by atoms with Crippen LogP contribution in [0.2, 0.25) is 0 Å². The highest BCUT2D eigenvalue weighted by Gasteiger charge is 2.38. The largest absolute Gasteiger partial charge is 0.383 e. The lowest BCUT2D eigenvalue weighted by molar-refractivity contribution is -0.0391.